The lowest BCUT2D eigenvalue weighted by molar-refractivity contribution is 0.0569. The van der Waals surface area contributed by atoms with Gasteiger partial charge in [0, 0.05) is 12.6 Å². The normalized spacial score (nSPS) is 24.8. The van der Waals surface area contributed by atoms with Crippen molar-refractivity contribution < 1.29 is 9.18 Å². The second-order valence-electron chi connectivity index (χ2n) is 4.97. The summed E-state index contributed by atoms with van der Waals surface area (Å²) < 4.78 is 13.6. The molecule has 2 unspecified atom stereocenters. The highest BCUT2D eigenvalue weighted by Gasteiger charge is 2.28. The molecule has 92 valence electrons. The number of rotatable bonds is 1. The second-order valence-corrected chi connectivity index (χ2v) is 4.97. The maximum atomic E-state index is 13.6. The van der Waals surface area contributed by atoms with Crippen molar-refractivity contribution in [1.82, 2.24) is 4.90 Å². The van der Waals surface area contributed by atoms with Gasteiger partial charge in [0.1, 0.15) is 5.82 Å². The number of halogens is 1. The van der Waals surface area contributed by atoms with Crippen molar-refractivity contribution in [3.05, 3.63) is 35.6 Å². The molecule has 1 heterocycles. The number of carbonyl (C=O) groups excluding carboxylic acids is 1. The summed E-state index contributed by atoms with van der Waals surface area (Å²) in [6, 6.07) is 6.41. The highest BCUT2D eigenvalue weighted by Crippen LogP contribution is 2.23. The topological polar surface area (TPSA) is 20.3 Å². The van der Waals surface area contributed by atoms with Crippen molar-refractivity contribution in [1.29, 1.82) is 0 Å². The molecule has 2 atom stereocenters. The molecule has 1 aliphatic rings. The highest BCUT2D eigenvalue weighted by atomic mass is 19.1. The Morgan fingerprint density at radius 1 is 1.29 bits per heavy atom. The molecule has 1 aromatic carbocycles. The SMILES string of the molecule is CC1CCC(C)N(C(=O)c2ccccc2F)C1. The zero-order chi connectivity index (χ0) is 12.4. The maximum Gasteiger partial charge on any atom is 0.257 e. The van der Waals surface area contributed by atoms with E-state index in [9.17, 15) is 9.18 Å². The van der Waals surface area contributed by atoms with Crippen molar-refractivity contribution in [2.24, 2.45) is 5.92 Å². The predicted octanol–water partition coefficient (Wildman–Crippen LogP) is 3.09. The van der Waals surface area contributed by atoms with E-state index < -0.39 is 5.82 Å². The molecule has 2 rings (SSSR count). The quantitative estimate of drug-likeness (QED) is 0.732. The van der Waals surface area contributed by atoms with E-state index in [1.54, 1.807) is 23.1 Å². The van der Waals surface area contributed by atoms with Crippen molar-refractivity contribution in [3.63, 3.8) is 0 Å². The number of hydrogen-bond acceptors (Lipinski definition) is 1. The van der Waals surface area contributed by atoms with E-state index in [0.29, 0.717) is 5.92 Å². The van der Waals surface area contributed by atoms with Gasteiger partial charge in [-0.25, -0.2) is 4.39 Å². The van der Waals surface area contributed by atoms with Gasteiger partial charge < -0.3 is 4.90 Å². The third-order valence-corrected chi connectivity index (χ3v) is 3.48. The van der Waals surface area contributed by atoms with E-state index in [1.165, 1.54) is 6.07 Å². The number of hydrogen-bond donors (Lipinski definition) is 0. The molecule has 1 fully saturated rings. The standard InChI is InChI=1S/C14H18FNO/c1-10-7-8-11(2)16(9-10)14(17)12-5-3-4-6-13(12)15/h3-6,10-11H,7-9H2,1-2H3. The molecule has 0 N–H and O–H groups in total. The fourth-order valence-electron chi connectivity index (χ4n) is 2.36. The van der Waals surface area contributed by atoms with Gasteiger partial charge in [-0.3, -0.25) is 4.79 Å². The van der Waals surface area contributed by atoms with E-state index in [-0.39, 0.29) is 17.5 Å². The fraction of sp³-hybridized carbons (Fsp3) is 0.500. The van der Waals surface area contributed by atoms with Gasteiger partial charge in [0.15, 0.2) is 0 Å². The van der Waals surface area contributed by atoms with Gasteiger partial charge >= 0.3 is 0 Å². The van der Waals surface area contributed by atoms with Gasteiger partial charge in [-0.1, -0.05) is 19.1 Å². The number of piperidine rings is 1. The fourth-order valence-corrected chi connectivity index (χ4v) is 2.36. The van der Waals surface area contributed by atoms with Gasteiger partial charge in [-0.2, -0.15) is 0 Å². The van der Waals surface area contributed by atoms with Crippen LogP contribution in [0.15, 0.2) is 24.3 Å². The van der Waals surface area contributed by atoms with Crippen LogP contribution in [0.25, 0.3) is 0 Å². The minimum absolute atomic E-state index is 0.179. The summed E-state index contributed by atoms with van der Waals surface area (Å²) in [7, 11) is 0. The monoisotopic (exact) mass is 235 g/mol. The van der Waals surface area contributed by atoms with E-state index in [1.807, 2.05) is 6.92 Å². The van der Waals surface area contributed by atoms with Crippen LogP contribution in [0.1, 0.15) is 37.0 Å². The first-order chi connectivity index (χ1) is 8.09. The Balaban J connectivity index is 2.22. The predicted molar refractivity (Wildman–Crippen MR) is 65.3 cm³/mol. The number of carbonyl (C=O) groups is 1. The second kappa shape index (κ2) is 4.86. The Kier molecular flexibility index (Phi) is 3.46. The smallest absolute Gasteiger partial charge is 0.257 e. The van der Waals surface area contributed by atoms with Gasteiger partial charge in [-0.05, 0) is 37.8 Å². The van der Waals surface area contributed by atoms with E-state index >= 15 is 0 Å². The molecule has 1 saturated heterocycles. The largest absolute Gasteiger partial charge is 0.336 e. The zero-order valence-electron chi connectivity index (χ0n) is 10.3. The first-order valence-electron chi connectivity index (χ1n) is 6.15. The molecule has 0 aliphatic carbocycles. The van der Waals surface area contributed by atoms with Crippen molar-refractivity contribution in [3.8, 4) is 0 Å². The molecule has 1 aromatic rings. The van der Waals surface area contributed by atoms with Crippen LogP contribution >= 0.6 is 0 Å². The highest BCUT2D eigenvalue weighted by molar-refractivity contribution is 5.94. The van der Waals surface area contributed by atoms with Gasteiger partial charge in [0.2, 0.25) is 0 Å². The number of benzene rings is 1. The Labute approximate surface area is 101 Å². The molecule has 1 aliphatic heterocycles. The summed E-state index contributed by atoms with van der Waals surface area (Å²) in [6.45, 7) is 4.90. The number of likely N-dealkylation sites (tertiary alicyclic amines) is 1. The molecule has 0 spiro atoms. The van der Waals surface area contributed by atoms with Crippen LogP contribution in [0.3, 0.4) is 0 Å². The lowest BCUT2D eigenvalue weighted by Gasteiger charge is -2.36. The molecule has 0 bridgehead atoms. The maximum absolute atomic E-state index is 13.6. The van der Waals surface area contributed by atoms with Crippen LogP contribution in [-0.2, 0) is 0 Å². The molecular weight excluding hydrogens is 217 g/mol. The number of nitrogens with zero attached hydrogens (tertiary/aromatic N) is 1. The van der Waals surface area contributed by atoms with Crippen molar-refractivity contribution in [2.75, 3.05) is 6.54 Å². The summed E-state index contributed by atoms with van der Waals surface area (Å²) in [5, 5.41) is 0. The lowest BCUT2D eigenvalue weighted by Crippen LogP contribution is -2.45. The summed E-state index contributed by atoms with van der Waals surface area (Å²) in [6.07, 6.45) is 2.14. The molecule has 17 heavy (non-hydrogen) atoms. The molecule has 3 heteroatoms. The first-order valence-corrected chi connectivity index (χ1v) is 6.15. The lowest BCUT2D eigenvalue weighted by atomic mass is 9.94. The molecular formula is C14H18FNO. The molecule has 0 radical (unpaired) electrons. The van der Waals surface area contributed by atoms with Gasteiger partial charge in [0.05, 0.1) is 5.56 Å². The summed E-state index contributed by atoms with van der Waals surface area (Å²) in [5.74, 6) is -0.105. The minimum Gasteiger partial charge on any atom is -0.336 e. The van der Waals surface area contributed by atoms with E-state index in [4.69, 9.17) is 0 Å². The molecule has 1 amide bonds. The number of amides is 1. The summed E-state index contributed by atoms with van der Waals surface area (Å²) >= 11 is 0. The Bertz CT molecular complexity index is 418. The average Bonchev–Trinajstić information content (AvgIpc) is 2.32. The average molecular weight is 235 g/mol. The molecule has 2 nitrogen and oxygen atoms in total. The first kappa shape index (κ1) is 12.1. The third-order valence-electron chi connectivity index (χ3n) is 3.48. The van der Waals surface area contributed by atoms with Crippen molar-refractivity contribution >= 4 is 5.91 Å². The van der Waals surface area contributed by atoms with Crippen LogP contribution in [0, 0.1) is 11.7 Å². The zero-order valence-corrected chi connectivity index (χ0v) is 10.3. The van der Waals surface area contributed by atoms with Crippen LogP contribution in [0.2, 0.25) is 0 Å². The van der Waals surface area contributed by atoms with E-state index in [0.717, 1.165) is 19.4 Å². The van der Waals surface area contributed by atoms with Crippen LogP contribution in [-0.4, -0.2) is 23.4 Å². The molecule has 0 aromatic heterocycles. The van der Waals surface area contributed by atoms with Gasteiger partial charge in [-0.15, -0.1) is 0 Å². The third kappa shape index (κ3) is 2.48. The molecule has 0 saturated carbocycles. The van der Waals surface area contributed by atoms with Crippen LogP contribution in [0.4, 0.5) is 4.39 Å². The summed E-state index contributed by atoms with van der Waals surface area (Å²) in [4.78, 5) is 14.1. The van der Waals surface area contributed by atoms with Crippen molar-refractivity contribution in [2.45, 2.75) is 32.7 Å². The van der Waals surface area contributed by atoms with E-state index in [2.05, 4.69) is 6.92 Å². The van der Waals surface area contributed by atoms with Gasteiger partial charge in [0.25, 0.3) is 5.91 Å². The van der Waals surface area contributed by atoms with Crippen LogP contribution in [0.5, 0.6) is 0 Å². The minimum atomic E-state index is -0.428. The summed E-state index contributed by atoms with van der Waals surface area (Å²) in [5.41, 5.74) is 0.188. The van der Waals surface area contributed by atoms with Crippen LogP contribution < -0.4 is 0 Å². The Morgan fingerprint density at radius 2 is 2.00 bits per heavy atom. The Hall–Kier alpha value is -1.38. The Morgan fingerprint density at radius 3 is 2.71 bits per heavy atom.